The molecule has 0 radical (unpaired) electrons. The highest BCUT2D eigenvalue weighted by molar-refractivity contribution is 7.86. The molecule has 0 spiro atoms. The van der Waals surface area contributed by atoms with Gasteiger partial charge in [-0.25, -0.2) is 0 Å². The maximum Gasteiger partial charge on any atom is 0.264 e. The summed E-state index contributed by atoms with van der Waals surface area (Å²) in [6.45, 7) is -0.481. The van der Waals surface area contributed by atoms with E-state index in [4.69, 9.17) is 13.7 Å². The SMILES string of the molecule is CS(=O)(=O)OC1C(OCc2ccccc2)OC(CO)C(O)C1O. The van der Waals surface area contributed by atoms with Gasteiger partial charge in [-0.05, 0) is 5.56 Å². The fourth-order valence-corrected chi connectivity index (χ4v) is 2.86. The molecule has 8 nitrogen and oxygen atoms in total. The van der Waals surface area contributed by atoms with Crippen LogP contribution in [0.25, 0.3) is 0 Å². The van der Waals surface area contributed by atoms with Gasteiger partial charge < -0.3 is 24.8 Å². The van der Waals surface area contributed by atoms with Crippen LogP contribution in [0.15, 0.2) is 30.3 Å². The van der Waals surface area contributed by atoms with E-state index in [1.165, 1.54) is 0 Å². The summed E-state index contributed by atoms with van der Waals surface area (Å²) < 4.78 is 38.3. The maximum absolute atomic E-state index is 11.3. The summed E-state index contributed by atoms with van der Waals surface area (Å²) in [5, 5.41) is 29.1. The minimum absolute atomic E-state index is 0.0795. The molecule has 1 saturated heterocycles. The summed E-state index contributed by atoms with van der Waals surface area (Å²) >= 11 is 0. The molecule has 1 heterocycles. The molecule has 0 bridgehead atoms. The third-order valence-corrected chi connectivity index (χ3v) is 3.94. The van der Waals surface area contributed by atoms with Gasteiger partial charge in [0.05, 0.1) is 19.5 Å². The Bertz CT molecular complexity index is 590. The predicted octanol–water partition coefficient (Wildman–Crippen LogP) is -1.01. The van der Waals surface area contributed by atoms with Gasteiger partial charge in [0.2, 0.25) is 0 Å². The van der Waals surface area contributed by atoms with Crippen LogP contribution < -0.4 is 0 Å². The van der Waals surface area contributed by atoms with E-state index < -0.39 is 47.4 Å². The standard InChI is InChI=1S/C14H20O8S/c1-23(18,19)22-13-12(17)11(16)10(7-15)21-14(13)20-8-9-5-3-2-4-6-9/h2-6,10-17H,7-8H2,1H3. The Morgan fingerprint density at radius 2 is 1.83 bits per heavy atom. The van der Waals surface area contributed by atoms with Crippen molar-refractivity contribution in [1.82, 2.24) is 0 Å². The normalized spacial score (nSPS) is 31.9. The monoisotopic (exact) mass is 348 g/mol. The molecule has 1 aromatic carbocycles. The smallest absolute Gasteiger partial charge is 0.264 e. The lowest BCUT2D eigenvalue weighted by atomic mass is 9.99. The number of hydrogen-bond donors (Lipinski definition) is 3. The van der Waals surface area contributed by atoms with Crippen molar-refractivity contribution < 1.29 is 37.4 Å². The summed E-state index contributed by atoms with van der Waals surface area (Å²) in [4.78, 5) is 0. The summed E-state index contributed by atoms with van der Waals surface area (Å²) in [6.07, 6.45) is -6.07. The van der Waals surface area contributed by atoms with Gasteiger partial charge in [-0.2, -0.15) is 8.42 Å². The fourth-order valence-electron chi connectivity index (χ4n) is 2.25. The van der Waals surface area contributed by atoms with Gasteiger partial charge in [0.1, 0.15) is 18.3 Å². The van der Waals surface area contributed by atoms with Crippen LogP contribution in [-0.2, 0) is 30.4 Å². The number of aliphatic hydroxyl groups is 3. The van der Waals surface area contributed by atoms with E-state index >= 15 is 0 Å². The van der Waals surface area contributed by atoms with E-state index in [0.717, 1.165) is 11.8 Å². The van der Waals surface area contributed by atoms with Crippen molar-refractivity contribution in [2.75, 3.05) is 12.9 Å². The van der Waals surface area contributed by atoms with Crippen LogP contribution in [0.5, 0.6) is 0 Å². The van der Waals surface area contributed by atoms with Crippen LogP contribution in [0.1, 0.15) is 5.56 Å². The molecule has 1 aliphatic rings. The van der Waals surface area contributed by atoms with E-state index in [0.29, 0.717) is 0 Å². The van der Waals surface area contributed by atoms with E-state index in [1.54, 1.807) is 24.3 Å². The third-order valence-electron chi connectivity index (χ3n) is 3.37. The van der Waals surface area contributed by atoms with E-state index in [-0.39, 0.29) is 6.61 Å². The van der Waals surface area contributed by atoms with Crippen LogP contribution in [0.4, 0.5) is 0 Å². The van der Waals surface area contributed by atoms with Gasteiger partial charge in [-0.15, -0.1) is 0 Å². The molecule has 3 N–H and O–H groups in total. The molecular formula is C14H20O8S. The van der Waals surface area contributed by atoms with E-state index in [1.807, 2.05) is 6.07 Å². The molecule has 23 heavy (non-hydrogen) atoms. The van der Waals surface area contributed by atoms with Gasteiger partial charge in [-0.1, -0.05) is 30.3 Å². The Morgan fingerprint density at radius 3 is 2.39 bits per heavy atom. The summed E-state index contributed by atoms with van der Waals surface area (Å²) in [7, 11) is -3.91. The molecule has 0 aliphatic carbocycles. The Labute approximate surface area is 134 Å². The number of ether oxygens (including phenoxy) is 2. The third kappa shape index (κ3) is 4.95. The first-order chi connectivity index (χ1) is 10.8. The van der Waals surface area contributed by atoms with Gasteiger partial charge in [-0.3, -0.25) is 4.18 Å². The zero-order valence-electron chi connectivity index (χ0n) is 12.5. The lowest BCUT2D eigenvalue weighted by Gasteiger charge is -2.41. The van der Waals surface area contributed by atoms with Gasteiger partial charge in [0.25, 0.3) is 10.1 Å². The highest BCUT2D eigenvalue weighted by Crippen LogP contribution is 2.26. The van der Waals surface area contributed by atoms with E-state index in [9.17, 15) is 23.7 Å². The number of hydrogen-bond acceptors (Lipinski definition) is 8. The largest absolute Gasteiger partial charge is 0.394 e. The lowest BCUT2D eigenvalue weighted by molar-refractivity contribution is -0.297. The molecule has 1 aromatic rings. The van der Waals surface area contributed by atoms with Crippen LogP contribution in [0.3, 0.4) is 0 Å². The first-order valence-corrected chi connectivity index (χ1v) is 8.79. The quantitative estimate of drug-likeness (QED) is 0.559. The second-order valence-electron chi connectivity index (χ2n) is 5.27. The molecule has 1 fully saturated rings. The molecule has 130 valence electrons. The highest BCUT2D eigenvalue weighted by Gasteiger charge is 2.47. The van der Waals surface area contributed by atoms with Crippen molar-refractivity contribution in [3.63, 3.8) is 0 Å². The van der Waals surface area contributed by atoms with Crippen molar-refractivity contribution >= 4 is 10.1 Å². The van der Waals surface area contributed by atoms with Crippen LogP contribution in [-0.4, -0.2) is 67.3 Å². The van der Waals surface area contributed by atoms with Crippen molar-refractivity contribution in [3.8, 4) is 0 Å². The topological polar surface area (TPSA) is 123 Å². The number of aliphatic hydroxyl groups excluding tert-OH is 3. The average molecular weight is 348 g/mol. The van der Waals surface area contributed by atoms with Gasteiger partial charge in [0, 0.05) is 0 Å². The summed E-state index contributed by atoms with van der Waals surface area (Å²) in [6, 6.07) is 9.03. The molecule has 0 saturated carbocycles. The Hall–Kier alpha value is -1.07. The molecule has 2 rings (SSSR count). The Morgan fingerprint density at radius 1 is 1.17 bits per heavy atom. The van der Waals surface area contributed by atoms with Crippen LogP contribution in [0, 0.1) is 0 Å². The zero-order chi connectivity index (χ0) is 17.0. The van der Waals surface area contributed by atoms with Gasteiger partial charge >= 0.3 is 0 Å². The molecule has 5 atom stereocenters. The highest BCUT2D eigenvalue weighted by atomic mass is 32.2. The molecule has 1 aliphatic heterocycles. The zero-order valence-corrected chi connectivity index (χ0v) is 13.3. The second kappa shape index (κ2) is 7.67. The minimum atomic E-state index is -3.91. The first kappa shape index (κ1) is 18.3. The number of benzene rings is 1. The molecule has 0 aromatic heterocycles. The average Bonchev–Trinajstić information content (AvgIpc) is 2.51. The Kier molecular flexibility index (Phi) is 6.09. The van der Waals surface area contributed by atoms with Crippen molar-refractivity contribution in [2.45, 2.75) is 37.3 Å². The lowest BCUT2D eigenvalue weighted by Crippen LogP contribution is -2.60. The predicted molar refractivity (Wildman–Crippen MR) is 78.7 cm³/mol. The van der Waals surface area contributed by atoms with Crippen LogP contribution >= 0.6 is 0 Å². The first-order valence-electron chi connectivity index (χ1n) is 6.98. The minimum Gasteiger partial charge on any atom is -0.394 e. The number of rotatable bonds is 6. The molecule has 0 amide bonds. The van der Waals surface area contributed by atoms with Crippen molar-refractivity contribution in [1.29, 1.82) is 0 Å². The molecule has 5 unspecified atom stereocenters. The maximum atomic E-state index is 11.3. The fraction of sp³-hybridized carbons (Fsp3) is 0.571. The van der Waals surface area contributed by atoms with Crippen molar-refractivity contribution in [3.05, 3.63) is 35.9 Å². The second-order valence-corrected chi connectivity index (χ2v) is 6.87. The molecular weight excluding hydrogens is 328 g/mol. The Balaban J connectivity index is 2.13. The van der Waals surface area contributed by atoms with E-state index in [2.05, 4.69) is 0 Å². The van der Waals surface area contributed by atoms with Crippen molar-refractivity contribution in [2.24, 2.45) is 0 Å². The summed E-state index contributed by atoms with van der Waals surface area (Å²) in [5.74, 6) is 0. The van der Waals surface area contributed by atoms with Crippen LogP contribution in [0.2, 0.25) is 0 Å². The van der Waals surface area contributed by atoms with Gasteiger partial charge in [0.15, 0.2) is 12.4 Å². The molecule has 9 heteroatoms. The summed E-state index contributed by atoms with van der Waals surface area (Å²) in [5.41, 5.74) is 0.801.